The van der Waals surface area contributed by atoms with E-state index in [0.29, 0.717) is 18.7 Å². The molecule has 7 nitrogen and oxygen atoms in total. The Hall–Kier alpha value is -2.31. The summed E-state index contributed by atoms with van der Waals surface area (Å²) in [5.74, 6) is -0.344. The molecule has 0 aromatic carbocycles. The van der Waals surface area contributed by atoms with Gasteiger partial charge in [-0.25, -0.2) is 4.99 Å². The molecule has 18 heavy (non-hydrogen) atoms. The van der Waals surface area contributed by atoms with Crippen LogP contribution in [0.5, 0.6) is 0 Å². The Labute approximate surface area is 103 Å². The average Bonchev–Trinajstić information content (AvgIpc) is 2.88. The zero-order valence-corrected chi connectivity index (χ0v) is 9.56. The molecule has 1 aromatic heterocycles. The Morgan fingerprint density at radius 1 is 1.39 bits per heavy atom. The molecular formula is C11H13N5O2. The summed E-state index contributed by atoms with van der Waals surface area (Å²) in [6.07, 6.45) is 2.36. The SMILES string of the molecule is NC1=NC(C2CCNC(=O)c3[nH]ccc32)C(=O)N1. The molecule has 3 rings (SSSR count). The summed E-state index contributed by atoms with van der Waals surface area (Å²) in [6, 6.07) is 1.27. The highest BCUT2D eigenvalue weighted by atomic mass is 16.2. The average molecular weight is 247 g/mol. The van der Waals surface area contributed by atoms with Crippen molar-refractivity contribution in [3.05, 3.63) is 23.5 Å². The minimum atomic E-state index is -0.549. The fourth-order valence-corrected chi connectivity index (χ4v) is 2.51. The van der Waals surface area contributed by atoms with Crippen molar-refractivity contribution in [2.45, 2.75) is 18.4 Å². The third-order valence-electron chi connectivity index (χ3n) is 3.33. The molecule has 3 heterocycles. The number of carbonyl (C=O) groups excluding carboxylic acids is 2. The van der Waals surface area contributed by atoms with Crippen molar-refractivity contribution in [1.29, 1.82) is 0 Å². The smallest absolute Gasteiger partial charge is 0.267 e. The van der Waals surface area contributed by atoms with Gasteiger partial charge in [0.15, 0.2) is 5.96 Å². The maximum atomic E-state index is 11.8. The second-order valence-electron chi connectivity index (χ2n) is 4.41. The van der Waals surface area contributed by atoms with E-state index in [1.54, 1.807) is 6.20 Å². The number of nitrogens with one attached hydrogen (secondary N) is 3. The van der Waals surface area contributed by atoms with Crippen LogP contribution < -0.4 is 16.4 Å². The number of amides is 2. The number of aromatic nitrogens is 1. The van der Waals surface area contributed by atoms with Crippen molar-refractivity contribution in [2.75, 3.05) is 6.54 Å². The van der Waals surface area contributed by atoms with E-state index in [0.717, 1.165) is 5.56 Å². The standard InChI is InChI=1S/C11H13N5O2/c12-11-15-8(10(18)16-11)6-2-4-14-9(17)7-5(6)1-3-13-7/h1,3,6,8,13H,2,4H2,(H,14,17)(H3,12,15,16,18). The van der Waals surface area contributed by atoms with Gasteiger partial charge >= 0.3 is 0 Å². The van der Waals surface area contributed by atoms with Crippen LogP contribution in [0.4, 0.5) is 0 Å². The van der Waals surface area contributed by atoms with Gasteiger partial charge in [0.2, 0.25) is 0 Å². The van der Waals surface area contributed by atoms with Crippen molar-refractivity contribution in [3.8, 4) is 0 Å². The minimum Gasteiger partial charge on any atom is -0.370 e. The molecule has 94 valence electrons. The van der Waals surface area contributed by atoms with Crippen LogP contribution >= 0.6 is 0 Å². The molecule has 0 bridgehead atoms. The molecule has 2 unspecified atom stereocenters. The van der Waals surface area contributed by atoms with Crippen molar-refractivity contribution in [3.63, 3.8) is 0 Å². The zero-order valence-electron chi connectivity index (χ0n) is 9.56. The van der Waals surface area contributed by atoms with Gasteiger partial charge in [-0.15, -0.1) is 0 Å². The number of hydrogen-bond acceptors (Lipinski definition) is 4. The molecular weight excluding hydrogens is 234 g/mol. The van der Waals surface area contributed by atoms with Crippen molar-refractivity contribution < 1.29 is 9.59 Å². The number of rotatable bonds is 1. The molecule has 0 spiro atoms. The number of nitrogens with zero attached hydrogens (tertiary/aromatic N) is 1. The number of nitrogens with two attached hydrogens (primary N) is 1. The molecule has 1 aromatic rings. The second-order valence-corrected chi connectivity index (χ2v) is 4.41. The fourth-order valence-electron chi connectivity index (χ4n) is 2.51. The predicted molar refractivity (Wildman–Crippen MR) is 64.0 cm³/mol. The molecule has 0 saturated heterocycles. The Morgan fingerprint density at radius 3 is 2.94 bits per heavy atom. The zero-order chi connectivity index (χ0) is 12.7. The van der Waals surface area contributed by atoms with E-state index in [1.165, 1.54) is 0 Å². The molecule has 5 N–H and O–H groups in total. The summed E-state index contributed by atoms with van der Waals surface area (Å²) in [5, 5.41) is 5.28. The highest BCUT2D eigenvalue weighted by Crippen LogP contribution is 2.31. The molecule has 2 aliphatic rings. The number of aromatic amines is 1. The third kappa shape index (κ3) is 1.55. The molecule has 0 fully saturated rings. The van der Waals surface area contributed by atoms with Gasteiger partial charge in [0, 0.05) is 18.7 Å². The lowest BCUT2D eigenvalue weighted by Gasteiger charge is -2.17. The van der Waals surface area contributed by atoms with Crippen molar-refractivity contribution in [1.82, 2.24) is 15.6 Å². The fraction of sp³-hybridized carbons (Fsp3) is 0.364. The van der Waals surface area contributed by atoms with E-state index in [2.05, 4.69) is 20.6 Å². The Morgan fingerprint density at radius 2 is 2.22 bits per heavy atom. The molecule has 0 saturated carbocycles. The first-order chi connectivity index (χ1) is 8.66. The number of carbonyl (C=O) groups is 2. The summed E-state index contributed by atoms with van der Waals surface area (Å²) >= 11 is 0. The second kappa shape index (κ2) is 3.86. The van der Waals surface area contributed by atoms with Crippen LogP contribution in [0, 0.1) is 0 Å². The van der Waals surface area contributed by atoms with Crippen LogP contribution in [0.1, 0.15) is 28.4 Å². The molecule has 2 aliphatic heterocycles. The Balaban J connectivity index is 2.01. The summed E-state index contributed by atoms with van der Waals surface area (Å²) < 4.78 is 0. The first-order valence-electron chi connectivity index (χ1n) is 5.76. The first-order valence-corrected chi connectivity index (χ1v) is 5.76. The van der Waals surface area contributed by atoms with Crippen LogP contribution in [0.15, 0.2) is 17.3 Å². The van der Waals surface area contributed by atoms with Crippen molar-refractivity contribution in [2.24, 2.45) is 10.7 Å². The number of fused-ring (bicyclic) bond motifs is 1. The number of aliphatic imine (C=N–C) groups is 1. The quantitative estimate of drug-likeness (QED) is 0.513. The van der Waals surface area contributed by atoms with Crippen molar-refractivity contribution >= 4 is 17.8 Å². The first kappa shape index (κ1) is 10.8. The number of H-pyrrole nitrogens is 1. The van der Waals surface area contributed by atoms with Gasteiger partial charge < -0.3 is 16.0 Å². The molecule has 7 heteroatoms. The lowest BCUT2D eigenvalue weighted by atomic mass is 9.89. The maximum absolute atomic E-state index is 11.8. The van der Waals surface area contributed by atoms with E-state index in [-0.39, 0.29) is 23.7 Å². The molecule has 0 radical (unpaired) electrons. The van der Waals surface area contributed by atoms with Crippen LogP contribution in [0.25, 0.3) is 0 Å². The van der Waals surface area contributed by atoms with Gasteiger partial charge in [-0.2, -0.15) is 0 Å². The van der Waals surface area contributed by atoms with Gasteiger partial charge in [0.05, 0.1) is 0 Å². The summed E-state index contributed by atoms with van der Waals surface area (Å²) in [4.78, 5) is 30.6. The van der Waals surface area contributed by atoms with Crippen LogP contribution in [-0.4, -0.2) is 35.3 Å². The Kier molecular flexibility index (Phi) is 2.32. The molecule has 2 amide bonds. The van der Waals surface area contributed by atoms with E-state index >= 15 is 0 Å². The number of hydrogen-bond donors (Lipinski definition) is 4. The Bertz CT molecular complexity index is 547. The van der Waals surface area contributed by atoms with Gasteiger partial charge in [-0.05, 0) is 18.1 Å². The number of guanidine groups is 1. The maximum Gasteiger partial charge on any atom is 0.267 e. The van der Waals surface area contributed by atoms with Gasteiger partial charge in [-0.1, -0.05) is 0 Å². The van der Waals surface area contributed by atoms with E-state index < -0.39 is 6.04 Å². The molecule has 0 aliphatic carbocycles. The lowest BCUT2D eigenvalue weighted by Crippen LogP contribution is -2.35. The van der Waals surface area contributed by atoms with Crippen LogP contribution in [0.3, 0.4) is 0 Å². The van der Waals surface area contributed by atoms with Crippen LogP contribution in [0.2, 0.25) is 0 Å². The van der Waals surface area contributed by atoms with Crippen LogP contribution in [-0.2, 0) is 4.79 Å². The highest BCUT2D eigenvalue weighted by Gasteiger charge is 2.37. The van der Waals surface area contributed by atoms with E-state index in [9.17, 15) is 9.59 Å². The topological polar surface area (TPSA) is 112 Å². The van der Waals surface area contributed by atoms with Gasteiger partial charge in [0.1, 0.15) is 11.7 Å². The molecule has 2 atom stereocenters. The monoisotopic (exact) mass is 247 g/mol. The summed E-state index contributed by atoms with van der Waals surface area (Å²) in [5.41, 5.74) is 6.84. The predicted octanol–water partition coefficient (Wildman–Crippen LogP) is -0.955. The van der Waals surface area contributed by atoms with Gasteiger partial charge in [0.25, 0.3) is 11.8 Å². The lowest BCUT2D eigenvalue weighted by molar-refractivity contribution is -0.120. The summed E-state index contributed by atoms with van der Waals surface area (Å²) in [7, 11) is 0. The van der Waals surface area contributed by atoms with E-state index in [4.69, 9.17) is 5.73 Å². The normalized spacial score (nSPS) is 27.0. The third-order valence-corrected chi connectivity index (χ3v) is 3.33. The van der Waals surface area contributed by atoms with Gasteiger partial charge in [-0.3, -0.25) is 14.9 Å². The van der Waals surface area contributed by atoms with E-state index in [1.807, 2.05) is 6.07 Å². The largest absolute Gasteiger partial charge is 0.370 e. The highest BCUT2D eigenvalue weighted by molar-refractivity contribution is 6.05. The summed E-state index contributed by atoms with van der Waals surface area (Å²) in [6.45, 7) is 0.519. The minimum absolute atomic E-state index is 0.133.